The number of hydroxylamine groups is 2. The number of unbranched alkanes of at least 4 members (excludes halogenated alkanes) is 1. The number of nitrogens with zero attached hydrogens (tertiary/aromatic N) is 4. The molecule has 1 unspecified atom stereocenters. The Morgan fingerprint density at radius 1 is 1.45 bits per heavy atom. The standard InChI is InChI=1S/C20H29N5O4/c1-2-3-4-15(12-24(29)14-26)9-18(27)25-13-20(5-6-20)10-16(25)19(28)23-17-11-21-7-8-22-17/h7-8,11,14-16,29H,2-6,9-10,12-13H2,1H3,(H,22,23,28)/t15?,16-/m0/s1. The van der Waals surface area contributed by atoms with Crippen LogP contribution in [0.4, 0.5) is 5.82 Å². The van der Waals surface area contributed by atoms with Gasteiger partial charge in [0.2, 0.25) is 18.2 Å². The minimum Gasteiger partial charge on any atom is -0.330 e. The summed E-state index contributed by atoms with van der Waals surface area (Å²) in [5.41, 5.74) is 0.0603. The van der Waals surface area contributed by atoms with E-state index >= 15 is 0 Å². The first-order valence-electron chi connectivity index (χ1n) is 10.2. The molecule has 1 saturated carbocycles. The molecule has 2 N–H and O–H groups in total. The molecule has 9 heteroatoms. The van der Waals surface area contributed by atoms with Crippen LogP contribution < -0.4 is 5.32 Å². The average Bonchev–Trinajstić information content (AvgIpc) is 3.36. The predicted molar refractivity (Wildman–Crippen MR) is 105 cm³/mol. The zero-order valence-corrected chi connectivity index (χ0v) is 16.8. The number of rotatable bonds is 10. The lowest BCUT2D eigenvalue weighted by Crippen LogP contribution is -2.44. The summed E-state index contributed by atoms with van der Waals surface area (Å²) in [5.74, 6) is -0.126. The number of nitrogens with one attached hydrogen (secondary N) is 1. The van der Waals surface area contributed by atoms with Crippen LogP contribution >= 0.6 is 0 Å². The first-order chi connectivity index (χ1) is 14.0. The molecule has 2 heterocycles. The number of carbonyl (C=O) groups excluding carboxylic acids is 3. The van der Waals surface area contributed by atoms with Gasteiger partial charge in [-0.05, 0) is 37.0 Å². The Labute approximate surface area is 170 Å². The fourth-order valence-electron chi connectivity index (χ4n) is 4.09. The molecule has 1 spiro atoms. The van der Waals surface area contributed by atoms with E-state index in [-0.39, 0.29) is 36.1 Å². The summed E-state index contributed by atoms with van der Waals surface area (Å²) >= 11 is 0. The topological polar surface area (TPSA) is 116 Å². The number of carbonyl (C=O) groups is 3. The third-order valence-corrected chi connectivity index (χ3v) is 5.90. The van der Waals surface area contributed by atoms with Gasteiger partial charge in [0.05, 0.1) is 12.7 Å². The normalized spacial score (nSPS) is 20.3. The molecular formula is C20H29N5O4. The molecule has 0 bridgehead atoms. The van der Waals surface area contributed by atoms with Crippen LogP contribution in [0.25, 0.3) is 0 Å². The Morgan fingerprint density at radius 2 is 2.24 bits per heavy atom. The van der Waals surface area contributed by atoms with Crippen molar-refractivity contribution in [1.82, 2.24) is 19.9 Å². The van der Waals surface area contributed by atoms with E-state index in [1.54, 1.807) is 4.90 Å². The van der Waals surface area contributed by atoms with Crippen LogP contribution in [0.15, 0.2) is 18.6 Å². The van der Waals surface area contributed by atoms with Crippen molar-refractivity contribution in [2.45, 2.75) is 57.9 Å². The van der Waals surface area contributed by atoms with Crippen molar-refractivity contribution in [3.8, 4) is 0 Å². The Bertz CT molecular complexity index is 725. The molecule has 3 rings (SSSR count). The number of anilines is 1. The number of likely N-dealkylation sites (tertiary alicyclic amines) is 1. The van der Waals surface area contributed by atoms with Crippen molar-refractivity contribution < 1.29 is 19.6 Å². The molecule has 2 aliphatic rings. The summed E-state index contributed by atoms with van der Waals surface area (Å²) in [6.07, 6.45) is 10.4. The second-order valence-electron chi connectivity index (χ2n) is 8.26. The molecule has 2 fully saturated rings. The van der Waals surface area contributed by atoms with Crippen LogP contribution in [0, 0.1) is 11.3 Å². The maximum absolute atomic E-state index is 13.1. The van der Waals surface area contributed by atoms with Gasteiger partial charge in [-0.3, -0.25) is 24.6 Å². The molecule has 3 amide bonds. The monoisotopic (exact) mass is 403 g/mol. The predicted octanol–water partition coefficient (Wildman–Crippen LogP) is 1.84. The zero-order valence-electron chi connectivity index (χ0n) is 16.8. The molecular weight excluding hydrogens is 374 g/mol. The van der Waals surface area contributed by atoms with Gasteiger partial charge < -0.3 is 10.2 Å². The second kappa shape index (κ2) is 9.30. The highest BCUT2D eigenvalue weighted by Gasteiger charge is 2.55. The molecule has 9 nitrogen and oxygen atoms in total. The van der Waals surface area contributed by atoms with E-state index in [9.17, 15) is 19.6 Å². The van der Waals surface area contributed by atoms with Gasteiger partial charge in [-0.15, -0.1) is 0 Å². The summed E-state index contributed by atoms with van der Waals surface area (Å²) in [6, 6.07) is -0.532. The lowest BCUT2D eigenvalue weighted by Gasteiger charge is -2.27. The first kappa shape index (κ1) is 21.2. The van der Waals surface area contributed by atoms with Crippen molar-refractivity contribution in [2.75, 3.05) is 18.4 Å². The third-order valence-electron chi connectivity index (χ3n) is 5.90. The molecule has 2 atom stereocenters. The zero-order chi connectivity index (χ0) is 20.9. The van der Waals surface area contributed by atoms with E-state index in [0.717, 1.165) is 32.1 Å². The van der Waals surface area contributed by atoms with Crippen LogP contribution in [0.1, 0.15) is 51.9 Å². The summed E-state index contributed by atoms with van der Waals surface area (Å²) in [7, 11) is 0. The van der Waals surface area contributed by atoms with E-state index in [4.69, 9.17) is 0 Å². The van der Waals surface area contributed by atoms with Crippen LogP contribution in [0.3, 0.4) is 0 Å². The molecule has 29 heavy (non-hydrogen) atoms. The lowest BCUT2D eigenvalue weighted by molar-refractivity contribution is -0.154. The Hall–Kier alpha value is -2.55. The Balaban J connectivity index is 1.67. The molecule has 158 valence electrons. The molecule has 0 radical (unpaired) electrons. The van der Waals surface area contributed by atoms with E-state index in [1.165, 1.54) is 18.6 Å². The van der Waals surface area contributed by atoms with Crippen molar-refractivity contribution in [2.24, 2.45) is 11.3 Å². The highest BCUT2D eigenvalue weighted by molar-refractivity contribution is 5.97. The maximum atomic E-state index is 13.1. The van der Waals surface area contributed by atoms with E-state index in [1.807, 2.05) is 0 Å². The highest BCUT2D eigenvalue weighted by atomic mass is 16.5. The average molecular weight is 403 g/mol. The fraction of sp³-hybridized carbons (Fsp3) is 0.650. The number of aromatic nitrogens is 2. The third kappa shape index (κ3) is 5.50. The smallest absolute Gasteiger partial charge is 0.248 e. The summed E-state index contributed by atoms with van der Waals surface area (Å²) in [4.78, 5) is 46.4. The quantitative estimate of drug-likeness (QED) is 0.350. The van der Waals surface area contributed by atoms with E-state index < -0.39 is 6.04 Å². The van der Waals surface area contributed by atoms with Crippen molar-refractivity contribution in [1.29, 1.82) is 0 Å². The van der Waals surface area contributed by atoms with Gasteiger partial charge in [-0.1, -0.05) is 19.8 Å². The fourth-order valence-corrected chi connectivity index (χ4v) is 4.09. The molecule has 0 aromatic carbocycles. The minimum atomic E-state index is -0.532. The Morgan fingerprint density at radius 3 is 2.86 bits per heavy atom. The molecule has 1 aromatic heterocycles. The second-order valence-corrected chi connectivity index (χ2v) is 8.26. The van der Waals surface area contributed by atoms with Gasteiger partial charge in [-0.2, -0.15) is 0 Å². The summed E-state index contributed by atoms with van der Waals surface area (Å²) in [5, 5.41) is 12.9. The largest absolute Gasteiger partial charge is 0.330 e. The van der Waals surface area contributed by atoms with E-state index in [0.29, 0.717) is 30.3 Å². The van der Waals surface area contributed by atoms with Crippen molar-refractivity contribution in [3.05, 3.63) is 18.6 Å². The molecule has 1 saturated heterocycles. The molecule has 1 aliphatic carbocycles. The van der Waals surface area contributed by atoms with Crippen LogP contribution in [0.2, 0.25) is 0 Å². The molecule has 1 aliphatic heterocycles. The number of hydrogen-bond acceptors (Lipinski definition) is 6. The van der Waals surface area contributed by atoms with Crippen LogP contribution in [-0.2, 0) is 14.4 Å². The lowest BCUT2D eigenvalue weighted by atomic mass is 9.97. The Kier molecular flexibility index (Phi) is 6.79. The summed E-state index contributed by atoms with van der Waals surface area (Å²) in [6.45, 7) is 2.76. The maximum Gasteiger partial charge on any atom is 0.248 e. The van der Waals surface area contributed by atoms with Gasteiger partial charge >= 0.3 is 0 Å². The number of hydrogen-bond donors (Lipinski definition) is 2. The highest BCUT2D eigenvalue weighted by Crippen LogP contribution is 2.55. The van der Waals surface area contributed by atoms with Gasteiger partial charge in [0.1, 0.15) is 6.04 Å². The minimum absolute atomic E-state index is 0.0603. The van der Waals surface area contributed by atoms with Crippen LogP contribution in [-0.4, -0.2) is 62.5 Å². The van der Waals surface area contributed by atoms with Gasteiger partial charge in [0.25, 0.3) is 0 Å². The van der Waals surface area contributed by atoms with E-state index in [2.05, 4.69) is 22.2 Å². The first-order valence-corrected chi connectivity index (χ1v) is 10.2. The van der Waals surface area contributed by atoms with Gasteiger partial charge in [0, 0.05) is 25.4 Å². The van der Waals surface area contributed by atoms with Crippen molar-refractivity contribution >= 4 is 24.0 Å². The van der Waals surface area contributed by atoms with Crippen LogP contribution in [0.5, 0.6) is 0 Å². The molecule has 1 aromatic rings. The van der Waals surface area contributed by atoms with Gasteiger partial charge in [0.15, 0.2) is 5.82 Å². The van der Waals surface area contributed by atoms with Gasteiger partial charge in [-0.25, -0.2) is 10.0 Å². The van der Waals surface area contributed by atoms with Crippen molar-refractivity contribution in [3.63, 3.8) is 0 Å². The summed E-state index contributed by atoms with van der Waals surface area (Å²) < 4.78 is 0. The SMILES string of the molecule is CCCCC(CC(=O)N1CC2(CC2)C[C@H]1C(=O)Nc1cnccn1)CN(O)C=O. The number of amides is 3.